The van der Waals surface area contributed by atoms with Gasteiger partial charge in [0.1, 0.15) is 5.78 Å². The van der Waals surface area contributed by atoms with Crippen LogP contribution in [0.2, 0.25) is 0 Å². The Morgan fingerprint density at radius 2 is 2.15 bits per heavy atom. The molecule has 0 bridgehead atoms. The van der Waals surface area contributed by atoms with Crippen LogP contribution < -0.4 is 5.73 Å². The Hall–Kier alpha value is -1.05. The molecule has 1 atom stereocenters. The minimum atomic E-state index is -0.129. The van der Waals surface area contributed by atoms with Crippen LogP contribution in [0, 0.1) is 5.92 Å². The molecule has 0 spiro atoms. The lowest BCUT2D eigenvalue weighted by Gasteiger charge is -2.08. The average molecular weight is 181 g/mol. The van der Waals surface area contributed by atoms with E-state index in [1.807, 2.05) is 39.0 Å². The second kappa shape index (κ2) is 6.46. The van der Waals surface area contributed by atoms with Crippen molar-refractivity contribution >= 4 is 5.78 Å². The standard InChI is InChI=1S/C11H19NO/c1-4-6-7-8-10(12)9(3)11(13)5-2/h4,6,8-9H,5,7,12H2,1-3H3/b6-4-,10-8+. The van der Waals surface area contributed by atoms with Gasteiger partial charge in [-0.05, 0) is 20.3 Å². The van der Waals surface area contributed by atoms with Crippen LogP contribution in [-0.4, -0.2) is 5.78 Å². The number of Topliss-reactive ketones (excluding diaryl/α,β-unsaturated/α-hetero) is 1. The fourth-order valence-corrected chi connectivity index (χ4v) is 1.01. The Morgan fingerprint density at radius 1 is 1.54 bits per heavy atom. The Balaban J connectivity index is 4.15. The van der Waals surface area contributed by atoms with Gasteiger partial charge >= 0.3 is 0 Å². The van der Waals surface area contributed by atoms with E-state index in [0.717, 1.165) is 6.42 Å². The molecule has 0 fully saturated rings. The number of hydrogen-bond acceptors (Lipinski definition) is 2. The van der Waals surface area contributed by atoms with E-state index in [4.69, 9.17) is 5.73 Å². The van der Waals surface area contributed by atoms with E-state index in [1.165, 1.54) is 0 Å². The highest BCUT2D eigenvalue weighted by atomic mass is 16.1. The van der Waals surface area contributed by atoms with Gasteiger partial charge in [-0.25, -0.2) is 0 Å². The molecule has 0 aliphatic carbocycles. The molecule has 1 unspecified atom stereocenters. The van der Waals surface area contributed by atoms with Gasteiger partial charge < -0.3 is 5.73 Å². The van der Waals surface area contributed by atoms with Crippen LogP contribution in [0.15, 0.2) is 23.9 Å². The van der Waals surface area contributed by atoms with Gasteiger partial charge in [-0.15, -0.1) is 0 Å². The Bertz CT molecular complexity index is 216. The molecule has 0 rings (SSSR count). The van der Waals surface area contributed by atoms with Gasteiger partial charge in [-0.3, -0.25) is 4.79 Å². The zero-order chi connectivity index (χ0) is 10.3. The maximum Gasteiger partial charge on any atom is 0.141 e. The minimum absolute atomic E-state index is 0.129. The maximum atomic E-state index is 11.2. The summed E-state index contributed by atoms with van der Waals surface area (Å²) in [5, 5.41) is 0. The number of carbonyl (C=O) groups is 1. The second-order valence-corrected chi connectivity index (χ2v) is 3.05. The molecule has 0 aliphatic heterocycles. The van der Waals surface area contributed by atoms with Crippen molar-refractivity contribution in [3.05, 3.63) is 23.9 Å². The highest BCUT2D eigenvalue weighted by Gasteiger charge is 2.12. The number of ketones is 1. The lowest BCUT2D eigenvalue weighted by atomic mass is 10.0. The predicted octanol–water partition coefficient (Wildman–Crippen LogP) is 2.41. The predicted molar refractivity (Wildman–Crippen MR) is 56.2 cm³/mol. The van der Waals surface area contributed by atoms with Gasteiger partial charge in [-0.2, -0.15) is 0 Å². The molecule has 2 heteroatoms. The molecular weight excluding hydrogens is 162 g/mol. The van der Waals surface area contributed by atoms with Gasteiger partial charge in [0.05, 0.1) is 5.92 Å². The summed E-state index contributed by atoms with van der Waals surface area (Å²) in [5.41, 5.74) is 6.43. The third kappa shape index (κ3) is 4.51. The number of rotatable bonds is 5. The largest absolute Gasteiger partial charge is 0.402 e. The summed E-state index contributed by atoms with van der Waals surface area (Å²) in [7, 11) is 0. The quantitative estimate of drug-likeness (QED) is 0.662. The zero-order valence-electron chi connectivity index (χ0n) is 8.71. The van der Waals surface area contributed by atoms with E-state index in [-0.39, 0.29) is 11.7 Å². The number of carbonyl (C=O) groups excluding carboxylic acids is 1. The van der Waals surface area contributed by atoms with Gasteiger partial charge in [0, 0.05) is 12.1 Å². The van der Waals surface area contributed by atoms with E-state index in [2.05, 4.69) is 0 Å². The first-order chi connectivity index (χ1) is 6.13. The fraction of sp³-hybridized carbons (Fsp3) is 0.545. The molecule has 0 aromatic rings. The van der Waals surface area contributed by atoms with Crippen molar-refractivity contribution in [2.75, 3.05) is 0 Å². The Kier molecular flexibility index (Phi) is 5.94. The van der Waals surface area contributed by atoms with Gasteiger partial charge in [0.2, 0.25) is 0 Å². The second-order valence-electron chi connectivity index (χ2n) is 3.05. The summed E-state index contributed by atoms with van der Waals surface area (Å²) >= 11 is 0. The summed E-state index contributed by atoms with van der Waals surface area (Å²) in [5.74, 6) is 0.0736. The van der Waals surface area contributed by atoms with E-state index < -0.39 is 0 Å². The Labute approximate surface area is 80.5 Å². The van der Waals surface area contributed by atoms with Crippen molar-refractivity contribution in [2.24, 2.45) is 11.7 Å². The lowest BCUT2D eigenvalue weighted by molar-refractivity contribution is -0.121. The maximum absolute atomic E-state index is 11.2. The van der Waals surface area contributed by atoms with E-state index in [1.54, 1.807) is 0 Å². The first kappa shape index (κ1) is 11.9. The molecule has 0 aliphatic rings. The molecule has 0 saturated carbocycles. The number of hydrogen-bond donors (Lipinski definition) is 1. The van der Waals surface area contributed by atoms with E-state index in [9.17, 15) is 4.79 Å². The summed E-state index contributed by atoms with van der Waals surface area (Å²) < 4.78 is 0. The number of nitrogens with two attached hydrogens (primary N) is 1. The Morgan fingerprint density at radius 3 is 2.62 bits per heavy atom. The van der Waals surface area contributed by atoms with Crippen LogP contribution in [0.1, 0.15) is 33.6 Å². The van der Waals surface area contributed by atoms with Crippen LogP contribution in [0.25, 0.3) is 0 Å². The highest BCUT2D eigenvalue weighted by Crippen LogP contribution is 2.08. The number of allylic oxidation sites excluding steroid dienone is 4. The average Bonchev–Trinajstić information content (AvgIpc) is 2.15. The van der Waals surface area contributed by atoms with Crippen LogP contribution in [0.4, 0.5) is 0 Å². The SMILES string of the molecule is C/C=C\C/C=C(/N)C(C)C(=O)CC. The first-order valence-corrected chi connectivity index (χ1v) is 4.72. The van der Waals surface area contributed by atoms with E-state index in [0.29, 0.717) is 12.1 Å². The zero-order valence-corrected chi connectivity index (χ0v) is 8.71. The van der Waals surface area contributed by atoms with Crippen molar-refractivity contribution in [3.63, 3.8) is 0 Å². The molecule has 0 saturated heterocycles. The van der Waals surface area contributed by atoms with Crippen LogP contribution in [-0.2, 0) is 4.79 Å². The van der Waals surface area contributed by atoms with Crippen molar-refractivity contribution in [1.29, 1.82) is 0 Å². The molecule has 2 N–H and O–H groups in total. The fourth-order valence-electron chi connectivity index (χ4n) is 1.01. The molecule has 0 aromatic heterocycles. The van der Waals surface area contributed by atoms with Gasteiger partial charge in [0.25, 0.3) is 0 Å². The van der Waals surface area contributed by atoms with Crippen molar-refractivity contribution in [1.82, 2.24) is 0 Å². The van der Waals surface area contributed by atoms with E-state index >= 15 is 0 Å². The molecule has 13 heavy (non-hydrogen) atoms. The summed E-state index contributed by atoms with van der Waals surface area (Å²) in [6.45, 7) is 5.68. The summed E-state index contributed by atoms with van der Waals surface area (Å²) in [4.78, 5) is 11.2. The normalized spacial score (nSPS) is 14.8. The molecule has 0 aromatic carbocycles. The third-order valence-corrected chi connectivity index (χ3v) is 2.06. The molecule has 0 amide bonds. The van der Waals surface area contributed by atoms with Crippen molar-refractivity contribution in [3.8, 4) is 0 Å². The van der Waals surface area contributed by atoms with Crippen LogP contribution >= 0.6 is 0 Å². The third-order valence-electron chi connectivity index (χ3n) is 2.06. The van der Waals surface area contributed by atoms with Crippen molar-refractivity contribution in [2.45, 2.75) is 33.6 Å². The smallest absolute Gasteiger partial charge is 0.141 e. The van der Waals surface area contributed by atoms with Gasteiger partial charge in [0.15, 0.2) is 0 Å². The first-order valence-electron chi connectivity index (χ1n) is 4.72. The molecule has 0 radical (unpaired) electrons. The lowest BCUT2D eigenvalue weighted by Crippen LogP contribution is -2.17. The van der Waals surface area contributed by atoms with Crippen LogP contribution in [0.3, 0.4) is 0 Å². The molecule has 2 nitrogen and oxygen atoms in total. The monoisotopic (exact) mass is 181 g/mol. The van der Waals surface area contributed by atoms with Crippen molar-refractivity contribution < 1.29 is 4.79 Å². The van der Waals surface area contributed by atoms with Crippen LogP contribution in [0.5, 0.6) is 0 Å². The topological polar surface area (TPSA) is 43.1 Å². The molecule has 74 valence electrons. The minimum Gasteiger partial charge on any atom is -0.402 e. The highest BCUT2D eigenvalue weighted by molar-refractivity contribution is 5.82. The summed E-state index contributed by atoms with van der Waals surface area (Å²) in [6, 6.07) is 0. The molecular formula is C11H19NO. The van der Waals surface area contributed by atoms with Gasteiger partial charge in [-0.1, -0.05) is 25.2 Å². The molecule has 0 heterocycles. The summed E-state index contributed by atoms with van der Waals surface area (Å²) in [6.07, 6.45) is 7.24.